The van der Waals surface area contributed by atoms with Gasteiger partial charge in [0.2, 0.25) is 65.0 Å². The Morgan fingerprint density at radius 3 is 1.77 bits per heavy atom. The van der Waals surface area contributed by atoms with Crippen molar-refractivity contribution in [1.29, 1.82) is 0 Å². The highest BCUT2D eigenvalue weighted by Crippen LogP contribution is 2.35. The summed E-state index contributed by atoms with van der Waals surface area (Å²) < 4.78 is 55.8. The van der Waals surface area contributed by atoms with Crippen molar-refractivity contribution in [2.24, 2.45) is 23.7 Å². The molecule has 1 aromatic carbocycles. The van der Waals surface area contributed by atoms with E-state index in [1.165, 1.54) is 61.9 Å². The summed E-state index contributed by atoms with van der Waals surface area (Å²) in [5, 5.41) is 11.5. The van der Waals surface area contributed by atoms with E-state index in [4.69, 9.17) is 0 Å². The molecule has 26 heteroatoms. The first-order chi connectivity index (χ1) is 42.6. The molecule has 1 aromatic rings. The minimum Gasteiger partial charge on any atom is -0.351 e. The van der Waals surface area contributed by atoms with Crippen LogP contribution in [0.5, 0.6) is 0 Å². The third-order valence-corrected chi connectivity index (χ3v) is 18.8. The van der Waals surface area contributed by atoms with Gasteiger partial charge in [0.05, 0.1) is 25.2 Å². The van der Waals surface area contributed by atoms with Crippen molar-refractivity contribution in [2.45, 2.75) is 218 Å². The Bertz CT molecular complexity index is 2770. The molecule has 22 nitrogen and oxygen atoms in total. The van der Waals surface area contributed by atoms with Gasteiger partial charge in [0.25, 0.3) is 0 Å². The van der Waals surface area contributed by atoms with E-state index in [0.717, 1.165) is 52.9 Å². The number of nitrogens with zero attached hydrogens (tertiary/aromatic N) is 7. The normalized spacial score (nSPS) is 26.2. The van der Waals surface area contributed by atoms with E-state index in [1.807, 2.05) is 34.6 Å². The van der Waals surface area contributed by atoms with Crippen LogP contribution in [-0.2, 0) is 65.3 Å². The van der Waals surface area contributed by atoms with Crippen LogP contribution in [0.1, 0.15) is 169 Å². The average Bonchev–Trinajstić information content (AvgIpc) is 1.77. The van der Waals surface area contributed by atoms with Crippen LogP contribution in [0.25, 0.3) is 0 Å². The van der Waals surface area contributed by atoms with Crippen molar-refractivity contribution in [1.82, 2.24) is 55.6 Å². The molecule has 0 radical (unpaired) electrons. The van der Waals surface area contributed by atoms with Crippen molar-refractivity contribution in [3.63, 3.8) is 0 Å². The van der Waals surface area contributed by atoms with Gasteiger partial charge in [-0.3, -0.25) is 52.7 Å². The molecule has 4 N–H and O–H groups in total. The van der Waals surface area contributed by atoms with Gasteiger partial charge >= 0.3 is 6.18 Å². The maximum atomic E-state index is 15.0. The third-order valence-electron chi connectivity index (χ3n) is 18.8. The quantitative estimate of drug-likeness (QED) is 0.214. The molecule has 2 saturated heterocycles. The highest BCUT2D eigenvalue weighted by Gasteiger charge is 2.49. The summed E-state index contributed by atoms with van der Waals surface area (Å²) in [5.74, 6) is -9.24. The molecule has 2 aliphatic carbocycles. The number of hydrogen-bond acceptors (Lipinski definition) is 11. The van der Waals surface area contributed by atoms with Crippen molar-refractivity contribution in [3.05, 3.63) is 35.1 Å². The molecule has 4 aliphatic rings. The number of halogens is 4. The summed E-state index contributed by atoms with van der Waals surface area (Å²) in [4.78, 5) is 168. The molecule has 0 aromatic heterocycles. The Balaban J connectivity index is 1.55. The van der Waals surface area contributed by atoms with Gasteiger partial charge in [-0.05, 0) is 106 Å². The maximum Gasteiger partial charge on any atom is 0.419 e. The highest BCUT2D eigenvalue weighted by molar-refractivity contribution is 5.99. The lowest BCUT2D eigenvalue weighted by Gasteiger charge is -2.39. The van der Waals surface area contributed by atoms with Crippen molar-refractivity contribution in [2.75, 3.05) is 68.5 Å². The fourth-order valence-corrected chi connectivity index (χ4v) is 13.0. The lowest BCUT2D eigenvalue weighted by atomic mass is 9.84. The number of amides is 11. The second-order valence-corrected chi connectivity index (χ2v) is 27.0. The lowest BCUT2D eigenvalue weighted by Crippen LogP contribution is -2.64. The van der Waals surface area contributed by atoms with E-state index in [1.54, 1.807) is 13.8 Å². The smallest absolute Gasteiger partial charge is 0.351 e. The zero-order chi connectivity index (χ0) is 68.0. The SMILES string of the molecule is CC[C@H](C)[C@@H]1NC(=O)[C@H](CC(C)C)N(C)C(=O)C[C@@H](C)NC(=O)[C@H](CC(C)C)N(C)C(=O)C2(CCCC2)NC(=O)[C@@H]2CCCN2C(=O)[C@H](CCc2ccc(C(F)(F)F)c(F)c2)NC(=O)CN(C)C(=O)[C@H](CC2CCCCC2)N(C)C(=O)CN(C)C(=O)CN(C)C1=O. The summed E-state index contributed by atoms with van der Waals surface area (Å²) in [6, 6.07) is -5.57. The van der Waals surface area contributed by atoms with E-state index in [0.29, 0.717) is 37.8 Å². The number of carbonyl (C=O) groups excluding carboxylic acids is 11. The van der Waals surface area contributed by atoms with Crippen LogP contribution < -0.4 is 21.3 Å². The maximum absolute atomic E-state index is 15.0. The van der Waals surface area contributed by atoms with E-state index in [9.17, 15) is 65.5 Å². The molecule has 2 aliphatic heterocycles. The van der Waals surface area contributed by atoms with Crippen molar-refractivity contribution in [3.8, 4) is 0 Å². The standard InChI is InChI=1S/C65H101F4N11O11/c1-14-41(6)56-62(90)76(10)37-54(83)74(8)38-55(84)78(12)51(35-43-21-16-15-17-22-43)61(89)75(9)36-52(81)71-47(27-25-44-24-26-45(46(66)34-44)65(67,68)69)60(88)80-30-20-23-48(80)59(87)73-64(28-18-19-29-64)63(91)79(13)50(32-40(4)5)57(85)70-42(7)33-53(82)77(11)49(31-39(2)3)58(86)72-56/h24,26,34,39-43,47-51,56H,14-23,25,27-33,35-38H2,1-13H3,(H,70,85)(H,71,81)(H,72,86)(H,73,87)/t41-,42+,47-,48-,49-,50-,51-,56-/m0/s1. The van der Waals surface area contributed by atoms with Crippen LogP contribution in [0.4, 0.5) is 17.6 Å². The molecule has 510 valence electrons. The second kappa shape index (κ2) is 33.1. The molecule has 0 bridgehead atoms. The van der Waals surface area contributed by atoms with Crippen LogP contribution in [-0.4, -0.2) is 216 Å². The zero-order valence-electron chi connectivity index (χ0n) is 55.8. The molecular formula is C65H101F4N11O11. The molecular weight excluding hydrogens is 1190 g/mol. The van der Waals surface area contributed by atoms with Crippen LogP contribution in [0.2, 0.25) is 0 Å². The van der Waals surface area contributed by atoms with Gasteiger partial charge in [0.15, 0.2) is 0 Å². The minimum atomic E-state index is -4.99. The van der Waals surface area contributed by atoms with Gasteiger partial charge < -0.3 is 55.6 Å². The van der Waals surface area contributed by atoms with Gasteiger partial charge in [0.1, 0.15) is 47.6 Å². The largest absolute Gasteiger partial charge is 0.419 e. The Morgan fingerprint density at radius 2 is 1.19 bits per heavy atom. The predicted octanol–water partition coefficient (Wildman–Crippen LogP) is 5.04. The average molecular weight is 1290 g/mol. The number of benzene rings is 1. The number of likely N-dealkylation sites (N-methyl/N-ethyl adjacent to an activating group) is 6. The lowest BCUT2D eigenvalue weighted by molar-refractivity contribution is -0.149. The number of carbonyl (C=O) groups is 11. The number of aryl methyl sites for hydroxylation is 1. The molecule has 4 fully saturated rings. The van der Waals surface area contributed by atoms with Gasteiger partial charge in [-0.25, -0.2) is 4.39 Å². The minimum absolute atomic E-state index is 0.0164. The fraction of sp³-hybridized carbons (Fsp3) is 0.738. The van der Waals surface area contributed by atoms with Crippen LogP contribution >= 0.6 is 0 Å². The first-order valence-electron chi connectivity index (χ1n) is 32.5. The van der Waals surface area contributed by atoms with Gasteiger partial charge in [0, 0.05) is 61.3 Å². The van der Waals surface area contributed by atoms with Crippen molar-refractivity contribution >= 4 is 65.0 Å². The van der Waals surface area contributed by atoms with Crippen LogP contribution in [0.15, 0.2) is 18.2 Å². The van der Waals surface area contributed by atoms with Gasteiger partial charge in [-0.2, -0.15) is 13.2 Å². The first kappa shape index (κ1) is 74.8. The molecule has 0 unspecified atom stereocenters. The molecule has 5 rings (SSSR count). The van der Waals surface area contributed by atoms with Gasteiger partial charge in [-0.1, -0.05) is 99.0 Å². The Hall–Kier alpha value is -6.89. The van der Waals surface area contributed by atoms with E-state index in [-0.39, 0.29) is 87.6 Å². The Morgan fingerprint density at radius 1 is 0.615 bits per heavy atom. The van der Waals surface area contributed by atoms with E-state index in [2.05, 4.69) is 21.3 Å². The van der Waals surface area contributed by atoms with Crippen molar-refractivity contribution < 1.29 is 70.3 Å². The number of nitrogens with one attached hydrogen (secondary N) is 4. The summed E-state index contributed by atoms with van der Waals surface area (Å²) in [6.07, 6.45) is 1.51. The molecule has 11 amide bonds. The third kappa shape index (κ3) is 20.1. The first-order valence-corrected chi connectivity index (χ1v) is 32.5. The monoisotopic (exact) mass is 1290 g/mol. The Labute approximate surface area is 534 Å². The number of alkyl halides is 3. The molecule has 91 heavy (non-hydrogen) atoms. The van der Waals surface area contributed by atoms with Crippen LogP contribution in [0.3, 0.4) is 0 Å². The summed E-state index contributed by atoms with van der Waals surface area (Å²) in [7, 11) is 8.49. The van der Waals surface area contributed by atoms with Gasteiger partial charge in [-0.15, -0.1) is 0 Å². The highest BCUT2D eigenvalue weighted by atomic mass is 19.4. The number of fused-ring (bicyclic) bond motifs is 1. The second-order valence-electron chi connectivity index (χ2n) is 27.0. The summed E-state index contributed by atoms with van der Waals surface area (Å²) >= 11 is 0. The number of hydrogen-bond donors (Lipinski definition) is 4. The molecule has 1 spiro atoms. The zero-order valence-corrected chi connectivity index (χ0v) is 55.8. The predicted molar refractivity (Wildman–Crippen MR) is 332 cm³/mol. The summed E-state index contributed by atoms with van der Waals surface area (Å²) in [5.41, 5.74) is -2.94. The Kier molecular flexibility index (Phi) is 27.2. The van der Waals surface area contributed by atoms with E-state index >= 15 is 4.79 Å². The van der Waals surface area contributed by atoms with E-state index < -0.39 is 156 Å². The summed E-state index contributed by atoms with van der Waals surface area (Å²) in [6.45, 7) is 11.1. The molecule has 2 heterocycles. The molecule has 8 atom stereocenters. The molecule has 2 saturated carbocycles. The topological polar surface area (TPSA) is 259 Å². The van der Waals surface area contributed by atoms with Crippen LogP contribution in [0, 0.1) is 29.5 Å². The fourth-order valence-electron chi connectivity index (χ4n) is 13.0. The number of rotatable bonds is 11.